The number of nitrogens with zero attached hydrogens (tertiary/aromatic N) is 1. The van der Waals surface area contributed by atoms with Crippen LogP contribution >= 0.6 is 27.7 Å². The first-order valence-corrected chi connectivity index (χ1v) is 8.73. The zero-order chi connectivity index (χ0) is 15.2. The summed E-state index contributed by atoms with van der Waals surface area (Å²) in [4.78, 5) is 26.0. The van der Waals surface area contributed by atoms with E-state index >= 15 is 0 Å². The Bertz CT molecular complexity index is 506. The van der Waals surface area contributed by atoms with Crippen molar-refractivity contribution in [2.24, 2.45) is 5.92 Å². The van der Waals surface area contributed by atoms with Gasteiger partial charge in [-0.3, -0.25) is 9.59 Å². The smallest absolute Gasteiger partial charge is 0.308 e. The first-order chi connectivity index (χ1) is 10.1. The van der Waals surface area contributed by atoms with Gasteiger partial charge in [-0.1, -0.05) is 15.9 Å². The molecular formula is C15H18BrNO3S. The number of carbonyl (C=O) groups is 2. The van der Waals surface area contributed by atoms with E-state index in [0.717, 1.165) is 15.8 Å². The van der Waals surface area contributed by atoms with Crippen LogP contribution in [-0.4, -0.2) is 40.7 Å². The summed E-state index contributed by atoms with van der Waals surface area (Å²) in [5, 5.41) is 9.04. The summed E-state index contributed by atoms with van der Waals surface area (Å²) < 4.78 is 1.04. The Kier molecular flexibility index (Phi) is 6.11. The minimum Gasteiger partial charge on any atom is -0.481 e. The number of carbonyl (C=O) groups excluding carboxylic acids is 1. The predicted octanol–water partition coefficient (Wildman–Crippen LogP) is 3.25. The Hall–Kier alpha value is -1.01. The topological polar surface area (TPSA) is 57.6 Å². The molecule has 114 valence electrons. The quantitative estimate of drug-likeness (QED) is 0.807. The summed E-state index contributed by atoms with van der Waals surface area (Å²) in [6.07, 6.45) is 1.91. The van der Waals surface area contributed by atoms with Gasteiger partial charge in [-0.25, -0.2) is 0 Å². The highest BCUT2D eigenvalue weighted by molar-refractivity contribution is 9.10. The van der Waals surface area contributed by atoms with E-state index < -0.39 is 11.9 Å². The summed E-state index contributed by atoms with van der Waals surface area (Å²) >= 11 is 5.03. The number of carboxylic acids is 1. The third-order valence-corrected chi connectivity index (χ3v) is 5.06. The van der Waals surface area contributed by atoms with Gasteiger partial charge in [0.25, 0.3) is 0 Å². The van der Waals surface area contributed by atoms with Crippen LogP contribution in [0.1, 0.15) is 19.3 Å². The summed E-state index contributed by atoms with van der Waals surface area (Å²) in [5.41, 5.74) is 0. The number of likely N-dealkylation sites (tertiary alicyclic amines) is 1. The van der Waals surface area contributed by atoms with E-state index in [0.29, 0.717) is 31.7 Å². The third kappa shape index (κ3) is 5.04. The highest BCUT2D eigenvalue weighted by Gasteiger charge is 2.27. The van der Waals surface area contributed by atoms with Crippen LogP contribution < -0.4 is 0 Å². The first-order valence-electron chi connectivity index (χ1n) is 6.95. The van der Waals surface area contributed by atoms with E-state index in [4.69, 9.17) is 5.11 Å². The van der Waals surface area contributed by atoms with Gasteiger partial charge >= 0.3 is 5.97 Å². The van der Waals surface area contributed by atoms with Gasteiger partial charge in [0.15, 0.2) is 0 Å². The van der Waals surface area contributed by atoms with Gasteiger partial charge in [0.1, 0.15) is 0 Å². The molecule has 0 radical (unpaired) electrons. The molecule has 0 bridgehead atoms. The Balaban J connectivity index is 1.76. The lowest BCUT2D eigenvalue weighted by Gasteiger charge is -2.30. The minimum absolute atomic E-state index is 0.0607. The second-order valence-corrected chi connectivity index (χ2v) is 7.15. The molecule has 6 heteroatoms. The van der Waals surface area contributed by atoms with Crippen molar-refractivity contribution < 1.29 is 14.7 Å². The lowest BCUT2D eigenvalue weighted by atomic mass is 9.98. The molecule has 1 N–H and O–H groups in total. The number of piperidine rings is 1. The lowest BCUT2D eigenvalue weighted by molar-refractivity contribution is -0.145. The number of amides is 1. The molecule has 1 atom stereocenters. The fourth-order valence-corrected chi connectivity index (χ4v) is 3.46. The summed E-state index contributed by atoms with van der Waals surface area (Å²) in [5.74, 6) is -0.418. The van der Waals surface area contributed by atoms with E-state index in [-0.39, 0.29) is 5.91 Å². The predicted molar refractivity (Wildman–Crippen MR) is 86.4 cm³/mol. The monoisotopic (exact) mass is 371 g/mol. The maximum Gasteiger partial charge on any atom is 0.308 e. The average Bonchev–Trinajstić information content (AvgIpc) is 2.49. The second-order valence-electron chi connectivity index (χ2n) is 5.07. The van der Waals surface area contributed by atoms with Crippen molar-refractivity contribution in [3.8, 4) is 0 Å². The molecule has 1 aliphatic rings. The highest BCUT2D eigenvalue weighted by atomic mass is 79.9. The van der Waals surface area contributed by atoms with Crippen molar-refractivity contribution in [3.05, 3.63) is 28.7 Å². The van der Waals surface area contributed by atoms with Crippen LogP contribution in [0.25, 0.3) is 0 Å². The average molecular weight is 372 g/mol. The Morgan fingerprint density at radius 2 is 2.05 bits per heavy atom. The molecule has 0 spiro atoms. The van der Waals surface area contributed by atoms with Gasteiger partial charge < -0.3 is 10.0 Å². The van der Waals surface area contributed by atoms with E-state index in [1.54, 1.807) is 16.7 Å². The molecule has 0 unspecified atom stereocenters. The molecular weight excluding hydrogens is 354 g/mol. The summed E-state index contributed by atoms with van der Waals surface area (Å²) in [6, 6.07) is 7.99. The molecule has 1 aromatic rings. The van der Waals surface area contributed by atoms with E-state index in [1.807, 2.05) is 24.3 Å². The van der Waals surface area contributed by atoms with Gasteiger partial charge in [-0.15, -0.1) is 11.8 Å². The zero-order valence-corrected chi connectivity index (χ0v) is 14.0. The van der Waals surface area contributed by atoms with Crippen molar-refractivity contribution in [1.82, 2.24) is 4.90 Å². The maximum absolute atomic E-state index is 12.1. The van der Waals surface area contributed by atoms with Crippen LogP contribution in [0.3, 0.4) is 0 Å². The van der Waals surface area contributed by atoms with Crippen LogP contribution in [0.5, 0.6) is 0 Å². The van der Waals surface area contributed by atoms with E-state index in [2.05, 4.69) is 15.9 Å². The van der Waals surface area contributed by atoms with Crippen molar-refractivity contribution in [2.45, 2.75) is 24.2 Å². The summed E-state index contributed by atoms with van der Waals surface area (Å²) in [6.45, 7) is 1.04. The van der Waals surface area contributed by atoms with Crippen LogP contribution in [-0.2, 0) is 9.59 Å². The molecule has 1 aromatic carbocycles. The number of hydrogen-bond donors (Lipinski definition) is 1. The van der Waals surface area contributed by atoms with Gasteiger partial charge in [-0.05, 0) is 37.1 Å². The zero-order valence-electron chi connectivity index (χ0n) is 11.6. The van der Waals surface area contributed by atoms with Crippen LogP contribution in [0.4, 0.5) is 0 Å². The maximum atomic E-state index is 12.1. The molecule has 0 aliphatic carbocycles. The molecule has 1 aliphatic heterocycles. The SMILES string of the molecule is O=C(O)[C@H]1CCCN(C(=O)CCSc2ccc(Br)cc2)C1. The van der Waals surface area contributed by atoms with Gasteiger partial charge in [-0.2, -0.15) is 0 Å². The summed E-state index contributed by atoms with van der Waals surface area (Å²) in [7, 11) is 0. The molecule has 4 nitrogen and oxygen atoms in total. The standard InChI is InChI=1S/C15H18BrNO3S/c16-12-3-5-13(6-4-12)21-9-7-14(18)17-8-1-2-11(10-17)15(19)20/h3-6,11H,1-2,7-10H2,(H,19,20)/t11-/m0/s1. The van der Waals surface area contributed by atoms with Crippen LogP contribution in [0.2, 0.25) is 0 Å². The Labute approximate surface area is 137 Å². The van der Waals surface area contributed by atoms with Crippen molar-refractivity contribution in [3.63, 3.8) is 0 Å². The normalized spacial score (nSPS) is 18.5. The van der Waals surface area contributed by atoms with Gasteiger partial charge in [0.2, 0.25) is 5.91 Å². The third-order valence-electron chi connectivity index (χ3n) is 3.52. The largest absolute Gasteiger partial charge is 0.481 e. The highest BCUT2D eigenvalue weighted by Crippen LogP contribution is 2.22. The molecule has 0 saturated carbocycles. The molecule has 1 saturated heterocycles. The van der Waals surface area contributed by atoms with Gasteiger partial charge in [0, 0.05) is 34.6 Å². The second kappa shape index (κ2) is 7.84. The van der Waals surface area contributed by atoms with Gasteiger partial charge in [0.05, 0.1) is 5.92 Å². The van der Waals surface area contributed by atoms with Crippen LogP contribution in [0.15, 0.2) is 33.6 Å². The number of carboxylic acid groups (broad SMARTS) is 1. The van der Waals surface area contributed by atoms with Crippen LogP contribution in [0, 0.1) is 5.92 Å². The number of benzene rings is 1. The fourth-order valence-electron chi connectivity index (χ4n) is 2.35. The number of rotatable bonds is 5. The number of aliphatic carboxylic acids is 1. The first kappa shape index (κ1) is 16.4. The lowest BCUT2D eigenvalue weighted by Crippen LogP contribution is -2.42. The van der Waals surface area contributed by atoms with E-state index in [9.17, 15) is 9.59 Å². The van der Waals surface area contributed by atoms with Crippen molar-refractivity contribution in [2.75, 3.05) is 18.8 Å². The Morgan fingerprint density at radius 3 is 2.71 bits per heavy atom. The fraction of sp³-hybridized carbons (Fsp3) is 0.467. The molecule has 1 amide bonds. The molecule has 0 aromatic heterocycles. The Morgan fingerprint density at radius 1 is 1.33 bits per heavy atom. The molecule has 1 fully saturated rings. The van der Waals surface area contributed by atoms with Crippen molar-refractivity contribution in [1.29, 1.82) is 0 Å². The minimum atomic E-state index is -0.795. The molecule has 1 heterocycles. The number of halogens is 1. The van der Waals surface area contributed by atoms with Crippen molar-refractivity contribution >= 4 is 39.6 Å². The molecule has 21 heavy (non-hydrogen) atoms. The molecule has 2 rings (SSSR count). The number of hydrogen-bond acceptors (Lipinski definition) is 3. The number of thioether (sulfide) groups is 1. The van der Waals surface area contributed by atoms with E-state index in [1.165, 1.54) is 0 Å².